The number of rotatable bonds is 3. The highest BCUT2D eigenvalue weighted by molar-refractivity contribution is 5.77. The minimum atomic E-state index is 0.150. The van der Waals surface area contributed by atoms with Gasteiger partial charge in [0.2, 0.25) is 5.91 Å². The second kappa shape index (κ2) is 6.23. The van der Waals surface area contributed by atoms with Crippen LogP contribution in [0.15, 0.2) is 0 Å². The van der Waals surface area contributed by atoms with Gasteiger partial charge in [-0.2, -0.15) is 0 Å². The van der Waals surface area contributed by atoms with Gasteiger partial charge in [0.25, 0.3) is 0 Å². The monoisotopic (exact) mass is 268 g/mol. The molecule has 1 heterocycles. The van der Waals surface area contributed by atoms with Crippen LogP contribution in [0.1, 0.15) is 40.0 Å². The summed E-state index contributed by atoms with van der Waals surface area (Å²) >= 11 is 0. The van der Waals surface area contributed by atoms with E-state index in [0.717, 1.165) is 39.0 Å². The zero-order chi connectivity index (χ0) is 13.9. The van der Waals surface area contributed by atoms with Crippen molar-refractivity contribution in [1.82, 2.24) is 10.2 Å². The largest absolute Gasteiger partial charge is 0.368 e. The summed E-state index contributed by atoms with van der Waals surface area (Å²) in [5.41, 5.74) is 0.348. The fourth-order valence-electron chi connectivity index (χ4n) is 3.58. The van der Waals surface area contributed by atoms with E-state index in [4.69, 9.17) is 4.74 Å². The van der Waals surface area contributed by atoms with Gasteiger partial charge >= 0.3 is 0 Å². The van der Waals surface area contributed by atoms with E-state index in [9.17, 15) is 4.79 Å². The number of piperazine rings is 1. The maximum atomic E-state index is 12.1. The van der Waals surface area contributed by atoms with Crippen LogP contribution in [0.5, 0.6) is 0 Å². The van der Waals surface area contributed by atoms with Crippen molar-refractivity contribution in [3.05, 3.63) is 0 Å². The van der Waals surface area contributed by atoms with Crippen molar-refractivity contribution in [2.75, 3.05) is 32.8 Å². The number of carbonyl (C=O) groups excluding carboxylic acids is 1. The predicted octanol–water partition coefficient (Wildman–Crippen LogP) is 1.65. The van der Waals surface area contributed by atoms with Crippen LogP contribution in [0.25, 0.3) is 0 Å². The summed E-state index contributed by atoms with van der Waals surface area (Å²) in [6.07, 6.45) is 3.69. The van der Waals surface area contributed by atoms with Gasteiger partial charge < -0.3 is 15.0 Å². The standard InChI is InChI=1S/C15H28N2O2/c1-12-8-13(10-15(2,3)9-12)19-11-14(18)17-6-4-16-5-7-17/h12-13,16H,4-11H2,1-3H3. The van der Waals surface area contributed by atoms with Gasteiger partial charge in [0.1, 0.15) is 6.61 Å². The van der Waals surface area contributed by atoms with Crippen LogP contribution in [0, 0.1) is 11.3 Å². The van der Waals surface area contributed by atoms with E-state index in [0.29, 0.717) is 11.3 Å². The lowest BCUT2D eigenvalue weighted by atomic mass is 9.71. The lowest BCUT2D eigenvalue weighted by molar-refractivity contribution is -0.141. The normalized spacial score (nSPS) is 31.2. The fraction of sp³-hybridized carbons (Fsp3) is 0.933. The zero-order valence-electron chi connectivity index (χ0n) is 12.6. The highest BCUT2D eigenvalue weighted by Crippen LogP contribution is 2.39. The van der Waals surface area contributed by atoms with Gasteiger partial charge in [0.05, 0.1) is 6.10 Å². The number of carbonyl (C=O) groups is 1. The van der Waals surface area contributed by atoms with Crippen LogP contribution in [-0.4, -0.2) is 49.7 Å². The van der Waals surface area contributed by atoms with E-state index in [1.54, 1.807) is 0 Å². The molecule has 0 aromatic rings. The number of hydrogen-bond acceptors (Lipinski definition) is 3. The quantitative estimate of drug-likeness (QED) is 0.846. The minimum Gasteiger partial charge on any atom is -0.368 e. The molecule has 1 N–H and O–H groups in total. The third-order valence-electron chi connectivity index (χ3n) is 4.26. The zero-order valence-corrected chi connectivity index (χ0v) is 12.6. The summed E-state index contributed by atoms with van der Waals surface area (Å²) in [7, 11) is 0. The molecule has 2 rings (SSSR count). The summed E-state index contributed by atoms with van der Waals surface area (Å²) in [5, 5.41) is 3.26. The first-order valence-electron chi connectivity index (χ1n) is 7.56. The van der Waals surface area contributed by atoms with E-state index in [-0.39, 0.29) is 18.6 Å². The van der Waals surface area contributed by atoms with Gasteiger partial charge in [-0.05, 0) is 30.6 Å². The summed E-state index contributed by atoms with van der Waals surface area (Å²) in [6, 6.07) is 0. The van der Waals surface area contributed by atoms with Crippen LogP contribution in [0.2, 0.25) is 0 Å². The number of nitrogens with zero attached hydrogens (tertiary/aromatic N) is 1. The van der Waals surface area contributed by atoms with Crippen LogP contribution in [0.4, 0.5) is 0 Å². The number of amides is 1. The molecule has 1 aliphatic heterocycles. The van der Waals surface area contributed by atoms with E-state index < -0.39 is 0 Å². The summed E-state index contributed by atoms with van der Waals surface area (Å²) in [5.74, 6) is 0.848. The molecule has 110 valence electrons. The van der Waals surface area contributed by atoms with Crippen molar-refractivity contribution in [2.24, 2.45) is 11.3 Å². The SMILES string of the molecule is CC1CC(OCC(=O)N2CCNCC2)CC(C)(C)C1. The Balaban J connectivity index is 1.76. The molecule has 0 radical (unpaired) electrons. The molecule has 0 aromatic heterocycles. The van der Waals surface area contributed by atoms with Gasteiger partial charge in [-0.1, -0.05) is 20.8 Å². The first kappa shape index (κ1) is 14.8. The van der Waals surface area contributed by atoms with Crippen molar-refractivity contribution >= 4 is 5.91 Å². The van der Waals surface area contributed by atoms with E-state index in [1.807, 2.05) is 4.90 Å². The fourth-order valence-corrected chi connectivity index (χ4v) is 3.58. The third kappa shape index (κ3) is 4.46. The van der Waals surface area contributed by atoms with E-state index in [1.165, 1.54) is 6.42 Å². The molecule has 19 heavy (non-hydrogen) atoms. The Bertz CT molecular complexity index is 311. The average Bonchev–Trinajstić information content (AvgIpc) is 2.34. The van der Waals surface area contributed by atoms with Gasteiger partial charge in [-0.3, -0.25) is 4.79 Å². The van der Waals surface area contributed by atoms with Gasteiger partial charge in [0.15, 0.2) is 0 Å². The molecule has 2 fully saturated rings. The first-order chi connectivity index (χ1) is 8.96. The highest BCUT2D eigenvalue weighted by Gasteiger charge is 2.33. The maximum absolute atomic E-state index is 12.1. The molecular formula is C15H28N2O2. The number of nitrogens with one attached hydrogen (secondary N) is 1. The molecule has 0 spiro atoms. The lowest BCUT2D eigenvalue weighted by Gasteiger charge is -2.39. The van der Waals surface area contributed by atoms with E-state index >= 15 is 0 Å². The molecule has 1 saturated carbocycles. The van der Waals surface area contributed by atoms with Crippen LogP contribution >= 0.6 is 0 Å². The second-order valence-electron chi connectivity index (χ2n) is 6.98. The van der Waals surface area contributed by atoms with Gasteiger partial charge in [-0.15, -0.1) is 0 Å². The molecular weight excluding hydrogens is 240 g/mol. The van der Waals surface area contributed by atoms with Crippen molar-refractivity contribution in [1.29, 1.82) is 0 Å². The van der Waals surface area contributed by atoms with Crippen molar-refractivity contribution in [3.63, 3.8) is 0 Å². The maximum Gasteiger partial charge on any atom is 0.248 e. The Morgan fingerprint density at radius 1 is 1.32 bits per heavy atom. The molecule has 1 saturated heterocycles. The predicted molar refractivity (Wildman–Crippen MR) is 76.0 cm³/mol. The van der Waals surface area contributed by atoms with Gasteiger partial charge in [-0.25, -0.2) is 0 Å². The van der Waals surface area contributed by atoms with Crippen LogP contribution < -0.4 is 5.32 Å². The molecule has 2 atom stereocenters. The Labute approximate surface area is 116 Å². The smallest absolute Gasteiger partial charge is 0.248 e. The Morgan fingerprint density at radius 2 is 2.00 bits per heavy atom. The van der Waals surface area contributed by atoms with Crippen LogP contribution in [0.3, 0.4) is 0 Å². The molecule has 0 bridgehead atoms. The highest BCUT2D eigenvalue weighted by atomic mass is 16.5. The molecule has 4 heteroatoms. The molecule has 1 amide bonds. The van der Waals surface area contributed by atoms with Crippen LogP contribution in [-0.2, 0) is 9.53 Å². The summed E-state index contributed by atoms with van der Waals surface area (Å²) in [6.45, 7) is 10.6. The Morgan fingerprint density at radius 3 is 2.63 bits per heavy atom. The van der Waals surface area contributed by atoms with E-state index in [2.05, 4.69) is 26.1 Å². The first-order valence-corrected chi connectivity index (χ1v) is 7.56. The molecule has 2 unspecified atom stereocenters. The molecule has 2 aliphatic rings. The van der Waals surface area contributed by atoms with Crippen molar-refractivity contribution < 1.29 is 9.53 Å². The molecule has 1 aliphatic carbocycles. The third-order valence-corrected chi connectivity index (χ3v) is 4.26. The average molecular weight is 268 g/mol. The molecule has 4 nitrogen and oxygen atoms in total. The topological polar surface area (TPSA) is 41.6 Å². The Hall–Kier alpha value is -0.610. The lowest BCUT2D eigenvalue weighted by Crippen LogP contribution is -2.48. The van der Waals surface area contributed by atoms with Gasteiger partial charge in [0, 0.05) is 26.2 Å². The second-order valence-corrected chi connectivity index (χ2v) is 6.98. The number of ether oxygens (including phenoxy) is 1. The number of hydrogen-bond donors (Lipinski definition) is 1. The summed E-state index contributed by atoms with van der Waals surface area (Å²) in [4.78, 5) is 14.0. The van der Waals surface area contributed by atoms with Crippen molar-refractivity contribution in [3.8, 4) is 0 Å². The van der Waals surface area contributed by atoms with Crippen molar-refractivity contribution in [2.45, 2.75) is 46.1 Å². The Kier molecular flexibility index (Phi) is 4.85. The minimum absolute atomic E-state index is 0.150. The summed E-state index contributed by atoms with van der Waals surface area (Å²) < 4.78 is 5.89. The molecule has 0 aromatic carbocycles.